The lowest BCUT2D eigenvalue weighted by Gasteiger charge is -2.10. The Kier molecular flexibility index (Phi) is 7.07. The third-order valence-corrected chi connectivity index (χ3v) is 8.19. The summed E-state index contributed by atoms with van der Waals surface area (Å²) in [7, 11) is 0. The summed E-state index contributed by atoms with van der Waals surface area (Å²) in [5, 5.41) is 13.0. The molecule has 0 spiro atoms. The van der Waals surface area contributed by atoms with Crippen molar-refractivity contribution in [3.05, 3.63) is 31.6 Å². The fraction of sp³-hybridized carbons (Fsp3) is 0.526. The average Bonchev–Trinajstić information content (AvgIpc) is 3.25. The van der Waals surface area contributed by atoms with Gasteiger partial charge in [0, 0.05) is 10.8 Å². The summed E-state index contributed by atoms with van der Waals surface area (Å²) >= 11 is 4.38. The summed E-state index contributed by atoms with van der Waals surface area (Å²) in [6.07, 6.45) is 2.01. The lowest BCUT2D eigenvalue weighted by Crippen LogP contribution is -2.23. The van der Waals surface area contributed by atoms with Crippen LogP contribution >= 0.6 is 34.4 Å². The van der Waals surface area contributed by atoms with Crippen LogP contribution in [0.15, 0.2) is 4.79 Å². The van der Waals surface area contributed by atoms with Crippen LogP contribution in [0.3, 0.4) is 0 Å². The van der Waals surface area contributed by atoms with Crippen LogP contribution in [0.25, 0.3) is 10.2 Å². The third kappa shape index (κ3) is 4.87. The van der Waals surface area contributed by atoms with Crippen LogP contribution in [-0.4, -0.2) is 31.3 Å². The Labute approximate surface area is 181 Å². The number of aromatic amines is 1. The number of hydrogen-bond donors (Lipinski definition) is 2. The van der Waals surface area contributed by atoms with Gasteiger partial charge in [-0.3, -0.25) is 14.9 Å². The zero-order valence-corrected chi connectivity index (χ0v) is 19.6. The molecule has 1 atom stereocenters. The number of thioether (sulfide) groups is 1. The first-order valence-corrected chi connectivity index (χ1v) is 12.3. The lowest BCUT2D eigenvalue weighted by atomic mass is 10.1. The first-order chi connectivity index (χ1) is 13.8. The van der Waals surface area contributed by atoms with Crippen molar-refractivity contribution >= 4 is 55.7 Å². The molecule has 1 amide bonds. The number of H-pyrrole nitrogens is 1. The molecule has 29 heavy (non-hydrogen) atoms. The zero-order valence-electron chi connectivity index (χ0n) is 17.2. The molecule has 156 valence electrons. The van der Waals surface area contributed by atoms with Gasteiger partial charge in [-0.25, -0.2) is 4.98 Å². The molecule has 0 aliphatic heterocycles. The molecule has 0 bridgehead atoms. The molecule has 2 N–H and O–H groups in total. The number of nitrogens with one attached hydrogen (secondary N) is 2. The van der Waals surface area contributed by atoms with Crippen LogP contribution in [0.4, 0.5) is 5.13 Å². The van der Waals surface area contributed by atoms with Crippen molar-refractivity contribution in [3.63, 3.8) is 0 Å². The summed E-state index contributed by atoms with van der Waals surface area (Å²) in [6, 6.07) is 0. The monoisotopic (exact) mass is 451 g/mol. The molecule has 3 rings (SSSR count). The Bertz CT molecular complexity index is 1070. The number of nitrogens with zero attached hydrogens (tertiary/aromatic N) is 3. The number of aromatic nitrogens is 4. The lowest BCUT2D eigenvalue weighted by molar-refractivity contribution is -0.115. The Morgan fingerprint density at radius 1 is 1.21 bits per heavy atom. The van der Waals surface area contributed by atoms with E-state index in [0.29, 0.717) is 28.0 Å². The number of hydrogen-bond acceptors (Lipinski definition) is 8. The van der Waals surface area contributed by atoms with Crippen molar-refractivity contribution in [2.45, 2.75) is 64.4 Å². The van der Waals surface area contributed by atoms with Gasteiger partial charge in [-0.2, -0.15) is 0 Å². The molecule has 0 radical (unpaired) electrons. The maximum atomic E-state index is 12.5. The Morgan fingerprint density at radius 3 is 2.62 bits per heavy atom. The van der Waals surface area contributed by atoms with Crippen LogP contribution in [-0.2, 0) is 10.5 Å². The minimum absolute atomic E-state index is 0.118. The van der Waals surface area contributed by atoms with Gasteiger partial charge < -0.3 is 4.98 Å². The van der Waals surface area contributed by atoms with Crippen molar-refractivity contribution in [2.75, 3.05) is 5.32 Å². The van der Waals surface area contributed by atoms with Crippen LogP contribution in [0, 0.1) is 13.8 Å². The van der Waals surface area contributed by atoms with E-state index in [2.05, 4.69) is 39.3 Å². The first kappa shape index (κ1) is 21.9. The van der Waals surface area contributed by atoms with E-state index in [9.17, 15) is 9.59 Å². The van der Waals surface area contributed by atoms with Crippen molar-refractivity contribution in [1.82, 2.24) is 20.2 Å². The number of rotatable bonds is 8. The molecule has 10 heteroatoms. The second-order valence-corrected chi connectivity index (χ2v) is 10.4. The molecule has 0 aliphatic rings. The molecule has 0 aliphatic carbocycles. The maximum Gasteiger partial charge on any atom is 0.259 e. The molecule has 3 aromatic rings. The van der Waals surface area contributed by atoms with E-state index in [-0.39, 0.29) is 16.7 Å². The second-order valence-electron chi connectivity index (χ2n) is 6.88. The third-order valence-electron chi connectivity index (χ3n) is 4.93. The van der Waals surface area contributed by atoms with E-state index in [1.807, 2.05) is 20.8 Å². The Balaban J connectivity index is 1.62. The van der Waals surface area contributed by atoms with E-state index >= 15 is 0 Å². The van der Waals surface area contributed by atoms with Crippen molar-refractivity contribution in [2.24, 2.45) is 0 Å². The van der Waals surface area contributed by atoms with E-state index in [4.69, 9.17) is 0 Å². The minimum Gasteiger partial charge on any atom is -0.309 e. The largest absolute Gasteiger partial charge is 0.309 e. The average molecular weight is 452 g/mol. The normalized spacial score (nSPS) is 12.6. The second kappa shape index (κ2) is 9.36. The number of carbonyl (C=O) groups excluding carboxylic acids is 1. The molecule has 0 saturated heterocycles. The van der Waals surface area contributed by atoms with Gasteiger partial charge in [-0.05, 0) is 39.2 Å². The topological polar surface area (TPSA) is 101 Å². The molecule has 0 saturated carbocycles. The predicted molar refractivity (Wildman–Crippen MR) is 122 cm³/mol. The van der Waals surface area contributed by atoms with Gasteiger partial charge in [0.2, 0.25) is 11.0 Å². The van der Waals surface area contributed by atoms with Crippen LogP contribution in [0.5, 0.6) is 0 Å². The minimum atomic E-state index is -0.316. The molecule has 3 heterocycles. The van der Waals surface area contributed by atoms with Crippen LogP contribution < -0.4 is 10.9 Å². The zero-order chi connectivity index (χ0) is 21.1. The highest BCUT2D eigenvalue weighted by atomic mass is 32.2. The van der Waals surface area contributed by atoms with Crippen molar-refractivity contribution in [1.29, 1.82) is 0 Å². The van der Waals surface area contributed by atoms with Gasteiger partial charge in [0.05, 0.1) is 16.4 Å². The maximum absolute atomic E-state index is 12.5. The molecular weight excluding hydrogens is 426 g/mol. The number of fused-ring (bicyclic) bond motifs is 1. The van der Waals surface area contributed by atoms with E-state index in [1.54, 1.807) is 0 Å². The van der Waals surface area contributed by atoms with Crippen LogP contribution in [0.2, 0.25) is 0 Å². The number of aryl methyl sites for hydroxylation is 2. The van der Waals surface area contributed by atoms with Crippen molar-refractivity contribution < 1.29 is 4.79 Å². The van der Waals surface area contributed by atoms with Gasteiger partial charge in [-0.15, -0.1) is 33.3 Å². The number of carbonyl (C=O) groups is 1. The molecular formula is C19H25N5O2S3. The first-order valence-electron chi connectivity index (χ1n) is 9.58. The van der Waals surface area contributed by atoms with Gasteiger partial charge in [-0.1, -0.05) is 25.2 Å². The molecule has 0 aromatic carbocycles. The fourth-order valence-corrected chi connectivity index (χ4v) is 5.76. The predicted octanol–water partition coefficient (Wildman–Crippen LogP) is 4.62. The number of anilines is 1. The number of amides is 1. The van der Waals surface area contributed by atoms with Crippen molar-refractivity contribution in [3.8, 4) is 0 Å². The van der Waals surface area contributed by atoms with Crippen LogP contribution in [0.1, 0.15) is 60.8 Å². The van der Waals surface area contributed by atoms with Gasteiger partial charge >= 0.3 is 0 Å². The van der Waals surface area contributed by atoms with Gasteiger partial charge in [0.1, 0.15) is 15.7 Å². The molecule has 0 fully saturated rings. The van der Waals surface area contributed by atoms with Gasteiger partial charge in [0.15, 0.2) is 0 Å². The van der Waals surface area contributed by atoms with E-state index in [1.165, 1.54) is 34.4 Å². The highest BCUT2D eigenvalue weighted by Gasteiger charge is 2.19. The standard InChI is InChI=1S/C19H25N5O2S3/c1-6-12(7-2)17-23-24-19(29-17)22-15(25)11(5)27-8-13-20-16(26)14-9(3)10(4)28-18(14)21-13/h11-12H,6-8H2,1-5H3,(H,20,21,26)(H,22,24,25). The fourth-order valence-electron chi connectivity index (χ4n) is 2.94. The summed E-state index contributed by atoms with van der Waals surface area (Å²) in [5.41, 5.74) is 0.864. The molecule has 3 aromatic heterocycles. The highest BCUT2D eigenvalue weighted by molar-refractivity contribution is 7.99. The summed E-state index contributed by atoms with van der Waals surface area (Å²) in [5.74, 6) is 1.28. The number of thiophene rings is 1. The van der Waals surface area contributed by atoms with E-state index < -0.39 is 0 Å². The quantitative estimate of drug-likeness (QED) is 0.518. The van der Waals surface area contributed by atoms with Gasteiger partial charge in [0.25, 0.3) is 5.56 Å². The summed E-state index contributed by atoms with van der Waals surface area (Å²) in [4.78, 5) is 34.1. The summed E-state index contributed by atoms with van der Waals surface area (Å²) < 4.78 is 0. The van der Waals surface area contributed by atoms with E-state index in [0.717, 1.165) is 33.1 Å². The Morgan fingerprint density at radius 2 is 1.93 bits per heavy atom. The molecule has 7 nitrogen and oxygen atoms in total. The summed E-state index contributed by atoms with van der Waals surface area (Å²) in [6.45, 7) is 10.0. The molecule has 1 unspecified atom stereocenters. The SMILES string of the molecule is CCC(CC)c1nnc(NC(=O)C(C)SCc2nc3sc(C)c(C)c3c(=O)[nH]2)s1. The highest BCUT2D eigenvalue weighted by Crippen LogP contribution is 2.29. The Hall–Kier alpha value is -1.78. The smallest absolute Gasteiger partial charge is 0.259 e.